The van der Waals surface area contributed by atoms with E-state index in [2.05, 4.69) is 4.98 Å². The first kappa shape index (κ1) is 13.4. The molecule has 0 saturated carbocycles. The van der Waals surface area contributed by atoms with Crippen molar-refractivity contribution >= 4 is 11.0 Å². The van der Waals surface area contributed by atoms with Crippen molar-refractivity contribution in [3.8, 4) is 12.1 Å². The predicted molar refractivity (Wildman–Crippen MR) is 57.5 cm³/mol. The molecule has 0 radical (unpaired) electrons. The molecule has 0 atom stereocenters. The summed E-state index contributed by atoms with van der Waals surface area (Å²) in [5.74, 6) is 0. The van der Waals surface area contributed by atoms with Crippen LogP contribution < -0.4 is 35.1 Å². The van der Waals surface area contributed by atoms with Crippen molar-refractivity contribution in [2.75, 3.05) is 0 Å². The maximum Gasteiger partial charge on any atom is 1.00 e. The molecule has 0 spiro atoms. The van der Waals surface area contributed by atoms with Crippen LogP contribution in [0.4, 0.5) is 0 Å². The molecule has 6 heteroatoms. The number of aryl methyl sites for hydroxylation is 1. The monoisotopic (exact) mass is 234 g/mol. The molecule has 0 fully saturated rings. The number of hydrogen-bond donors (Lipinski definition) is 0. The minimum atomic E-state index is -0.360. The molecule has 5 nitrogen and oxygen atoms in total. The van der Waals surface area contributed by atoms with Gasteiger partial charge in [-0.1, -0.05) is 0 Å². The van der Waals surface area contributed by atoms with Crippen LogP contribution in [0.5, 0.6) is 0 Å². The predicted octanol–water partition coefficient (Wildman–Crippen LogP) is -2.21. The second-order valence-electron chi connectivity index (χ2n) is 3.25. The largest absolute Gasteiger partial charge is 1.00 e. The molecule has 0 aromatic carbocycles. The molecule has 2 heterocycles. The topological polar surface area (TPSA) is 82.5 Å². The van der Waals surface area contributed by atoms with Crippen molar-refractivity contribution in [2.24, 2.45) is 7.05 Å². The first-order valence-electron chi connectivity index (χ1n) is 4.48. The SMILES string of the molecule is Cn1c(=O)c(C#N)cc2nc(C#N)ccc21.[H-].[Na+]. The molecule has 0 aliphatic carbocycles. The Morgan fingerprint density at radius 1 is 1.35 bits per heavy atom. The molecule has 17 heavy (non-hydrogen) atoms. The van der Waals surface area contributed by atoms with Crippen LogP contribution in [0.15, 0.2) is 23.0 Å². The molecular formula is C11H7N4NaO. The zero-order chi connectivity index (χ0) is 11.7. The second-order valence-corrected chi connectivity index (χ2v) is 3.25. The van der Waals surface area contributed by atoms with Crippen LogP contribution in [0, 0.1) is 22.7 Å². The average molecular weight is 234 g/mol. The molecule has 0 amide bonds. The van der Waals surface area contributed by atoms with Crippen molar-refractivity contribution in [1.82, 2.24) is 9.55 Å². The fraction of sp³-hybridized carbons (Fsp3) is 0.0909. The molecule has 2 aromatic rings. The van der Waals surface area contributed by atoms with Gasteiger partial charge in [0.2, 0.25) is 0 Å². The van der Waals surface area contributed by atoms with Gasteiger partial charge in [-0.3, -0.25) is 4.79 Å². The summed E-state index contributed by atoms with van der Waals surface area (Å²) in [7, 11) is 1.57. The van der Waals surface area contributed by atoms with E-state index >= 15 is 0 Å². The Balaban J connectivity index is 0.00000144. The van der Waals surface area contributed by atoms with Crippen LogP contribution >= 0.6 is 0 Å². The third kappa shape index (κ3) is 2.22. The van der Waals surface area contributed by atoms with E-state index in [-0.39, 0.29) is 47.8 Å². The van der Waals surface area contributed by atoms with Crippen LogP contribution in [0.1, 0.15) is 12.7 Å². The first-order chi connectivity index (χ1) is 7.67. The van der Waals surface area contributed by atoms with Crippen LogP contribution in [-0.2, 0) is 7.05 Å². The summed E-state index contributed by atoms with van der Waals surface area (Å²) in [4.78, 5) is 15.6. The van der Waals surface area contributed by atoms with Gasteiger partial charge in [-0.25, -0.2) is 4.98 Å². The van der Waals surface area contributed by atoms with E-state index in [1.165, 1.54) is 16.7 Å². The maximum atomic E-state index is 11.6. The second kappa shape index (κ2) is 5.11. The van der Waals surface area contributed by atoms with Crippen molar-refractivity contribution in [3.63, 3.8) is 0 Å². The Labute approximate surface area is 121 Å². The molecule has 78 valence electrons. The number of nitriles is 2. The molecule has 0 bridgehead atoms. The number of pyridine rings is 2. The van der Waals surface area contributed by atoms with E-state index in [0.717, 1.165) is 0 Å². The van der Waals surface area contributed by atoms with Gasteiger partial charge in [-0.2, -0.15) is 10.5 Å². The Kier molecular flexibility index (Phi) is 4.03. The van der Waals surface area contributed by atoms with Gasteiger partial charge in [0.1, 0.15) is 23.4 Å². The Morgan fingerprint density at radius 3 is 2.65 bits per heavy atom. The van der Waals surface area contributed by atoms with E-state index < -0.39 is 0 Å². The Bertz CT molecular complexity index is 727. The molecular weight excluding hydrogens is 227 g/mol. The smallest absolute Gasteiger partial charge is 1.00 e. The normalized spacial score (nSPS) is 9.12. The van der Waals surface area contributed by atoms with Gasteiger partial charge in [-0.05, 0) is 18.2 Å². The minimum Gasteiger partial charge on any atom is -1.00 e. The zero-order valence-corrected chi connectivity index (χ0v) is 11.4. The summed E-state index contributed by atoms with van der Waals surface area (Å²) in [6, 6.07) is 8.30. The van der Waals surface area contributed by atoms with E-state index in [4.69, 9.17) is 10.5 Å². The van der Waals surface area contributed by atoms with Gasteiger partial charge in [0.15, 0.2) is 0 Å². The van der Waals surface area contributed by atoms with Gasteiger partial charge < -0.3 is 5.99 Å². The Hall–Kier alpha value is -1.66. The average Bonchev–Trinajstić information content (AvgIpc) is 2.33. The van der Waals surface area contributed by atoms with Crippen LogP contribution in [0.3, 0.4) is 0 Å². The van der Waals surface area contributed by atoms with Gasteiger partial charge in [0.25, 0.3) is 5.56 Å². The van der Waals surface area contributed by atoms with Gasteiger partial charge in [0, 0.05) is 7.05 Å². The third-order valence-corrected chi connectivity index (χ3v) is 2.31. The summed E-state index contributed by atoms with van der Waals surface area (Å²) < 4.78 is 1.35. The first-order valence-corrected chi connectivity index (χ1v) is 4.48. The summed E-state index contributed by atoms with van der Waals surface area (Å²) in [5.41, 5.74) is 0.995. The minimum absolute atomic E-state index is 0. The molecule has 0 N–H and O–H groups in total. The van der Waals surface area contributed by atoms with Crippen LogP contribution in [0.25, 0.3) is 11.0 Å². The summed E-state index contributed by atoms with van der Waals surface area (Å²) in [6.45, 7) is 0. The van der Waals surface area contributed by atoms with Crippen LogP contribution in [0.2, 0.25) is 0 Å². The standard InChI is InChI=1S/C11H6N4O.Na.H/c1-15-10-3-2-8(6-13)14-9(10)4-7(5-12)11(15)16;;/h2-4H,1H3;;/q;+1;-1. The third-order valence-electron chi connectivity index (χ3n) is 2.31. The molecule has 0 aliphatic heterocycles. The Morgan fingerprint density at radius 2 is 2.06 bits per heavy atom. The van der Waals surface area contributed by atoms with Gasteiger partial charge in [-0.15, -0.1) is 0 Å². The van der Waals surface area contributed by atoms with Crippen LogP contribution in [-0.4, -0.2) is 9.55 Å². The number of fused-ring (bicyclic) bond motifs is 1. The summed E-state index contributed by atoms with van der Waals surface area (Å²) in [6.07, 6.45) is 0. The van der Waals surface area contributed by atoms with Gasteiger partial charge >= 0.3 is 29.6 Å². The van der Waals surface area contributed by atoms with E-state index in [1.807, 2.05) is 12.1 Å². The van der Waals surface area contributed by atoms with E-state index in [0.29, 0.717) is 11.0 Å². The fourth-order valence-electron chi connectivity index (χ4n) is 1.49. The number of hydrogen-bond acceptors (Lipinski definition) is 4. The quantitative estimate of drug-likeness (QED) is 0.484. The molecule has 2 aromatic heterocycles. The van der Waals surface area contributed by atoms with Crippen molar-refractivity contribution < 1.29 is 31.0 Å². The summed E-state index contributed by atoms with van der Waals surface area (Å²) >= 11 is 0. The molecule has 2 rings (SSSR count). The van der Waals surface area contributed by atoms with Crippen molar-refractivity contribution in [3.05, 3.63) is 39.8 Å². The maximum absolute atomic E-state index is 11.6. The van der Waals surface area contributed by atoms with Gasteiger partial charge in [0.05, 0.1) is 11.0 Å². The van der Waals surface area contributed by atoms with Crippen molar-refractivity contribution in [1.29, 1.82) is 10.5 Å². The number of nitrogens with zero attached hydrogens (tertiary/aromatic N) is 4. The molecule has 0 aliphatic rings. The number of rotatable bonds is 0. The van der Waals surface area contributed by atoms with E-state index in [1.54, 1.807) is 13.1 Å². The number of aromatic nitrogens is 2. The molecule has 0 saturated heterocycles. The van der Waals surface area contributed by atoms with E-state index in [9.17, 15) is 4.79 Å². The molecule has 0 unspecified atom stereocenters. The van der Waals surface area contributed by atoms with Crippen molar-refractivity contribution in [2.45, 2.75) is 0 Å². The fourth-order valence-corrected chi connectivity index (χ4v) is 1.49. The zero-order valence-electron chi connectivity index (χ0n) is 10.4. The summed E-state index contributed by atoms with van der Waals surface area (Å²) in [5, 5.41) is 17.5.